The number of carbonyl (C=O) groups excluding carboxylic acids is 1. The zero-order chi connectivity index (χ0) is 17.1. The Balaban J connectivity index is 1.66. The molecule has 0 bridgehead atoms. The second kappa shape index (κ2) is 6.86. The van der Waals surface area contributed by atoms with Gasteiger partial charge in [-0.2, -0.15) is 0 Å². The topological polar surface area (TPSA) is 75.4 Å². The van der Waals surface area contributed by atoms with E-state index in [-0.39, 0.29) is 5.91 Å². The number of carboxylic acid groups (broad SMARTS) is 1. The largest absolute Gasteiger partial charge is 0.481 e. The molecule has 2 aromatic rings. The predicted octanol–water partition coefficient (Wildman–Crippen LogP) is 1.73. The Bertz CT molecular complexity index is 739. The van der Waals surface area contributed by atoms with Crippen molar-refractivity contribution in [2.45, 2.75) is 32.9 Å². The van der Waals surface area contributed by atoms with E-state index >= 15 is 0 Å². The van der Waals surface area contributed by atoms with Gasteiger partial charge in [-0.15, -0.1) is 0 Å². The Kier molecular flexibility index (Phi) is 4.64. The minimum Gasteiger partial charge on any atom is -0.481 e. The number of imidazole rings is 1. The summed E-state index contributed by atoms with van der Waals surface area (Å²) in [6.45, 7) is 3.22. The van der Waals surface area contributed by atoms with Gasteiger partial charge in [-0.05, 0) is 18.9 Å². The van der Waals surface area contributed by atoms with Crippen molar-refractivity contribution in [1.29, 1.82) is 0 Å². The van der Waals surface area contributed by atoms with E-state index in [2.05, 4.69) is 21.7 Å². The molecule has 0 spiro atoms. The quantitative estimate of drug-likeness (QED) is 0.849. The number of amides is 1. The fraction of sp³-hybridized carbons (Fsp3) is 0.389. The minimum absolute atomic E-state index is 0.341. The van der Waals surface area contributed by atoms with E-state index in [1.54, 1.807) is 4.90 Å². The summed E-state index contributed by atoms with van der Waals surface area (Å²) < 4.78 is 2.14. The van der Waals surface area contributed by atoms with Crippen molar-refractivity contribution in [2.24, 2.45) is 5.92 Å². The maximum Gasteiger partial charge on any atom is 0.315 e. The first-order chi connectivity index (χ1) is 11.6. The summed E-state index contributed by atoms with van der Waals surface area (Å²) in [6.07, 6.45) is 3.47. The van der Waals surface area contributed by atoms with E-state index in [1.165, 1.54) is 12.5 Å². The highest BCUT2D eigenvalue weighted by molar-refractivity contribution is 5.96. The number of nitrogens with zero attached hydrogens (tertiary/aromatic N) is 3. The third kappa shape index (κ3) is 3.32. The van der Waals surface area contributed by atoms with Crippen molar-refractivity contribution >= 4 is 11.9 Å². The first-order valence-corrected chi connectivity index (χ1v) is 8.14. The molecule has 0 aliphatic carbocycles. The van der Waals surface area contributed by atoms with E-state index in [0.29, 0.717) is 19.5 Å². The number of hydrogen-bond acceptors (Lipinski definition) is 3. The van der Waals surface area contributed by atoms with Crippen LogP contribution in [0.2, 0.25) is 0 Å². The van der Waals surface area contributed by atoms with Crippen LogP contribution in [0.1, 0.15) is 23.9 Å². The van der Waals surface area contributed by atoms with Gasteiger partial charge in [0.1, 0.15) is 5.92 Å². The first-order valence-electron chi connectivity index (χ1n) is 8.14. The highest BCUT2D eigenvalue weighted by atomic mass is 16.4. The summed E-state index contributed by atoms with van der Waals surface area (Å²) in [5.74, 6) is -2.43. The molecule has 126 valence electrons. The average molecular weight is 327 g/mol. The number of fused-ring (bicyclic) bond motifs is 1. The molecule has 24 heavy (non-hydrogen) atoms. The summed E-state index contributed by atoms with van der Waals surface area (Å²) in [7, 11) is 0. The van der Waals surface area contributed by atoms with Gasteiger partial charge in [-0.3, -0.25) is 9.59 Å². The van der Waals surface area contributed by atoms with Crippen LogP contribution in [-0.4, -0.2) is 38.0 Å². The van der Waals surface area contributed by atoms with Crippen molar-refractivity contribution in [3.05, 3.63) is 53.6 Å². The Labute approximate surface area is 140 Å². The zero-order valence-electron chi connectivity index (χ0n) is 13.7. The molecule has 1 aliphatic rings. The lowest BCUT2D eigenvalue weighted by Crippen LogP contribution is -2.41. The summed E-state index contributed by atoms with van der Waals surface area (Å²) in [5, 5.41) is 8.99. The zero-order valence-corrected chi connectivity index (χ0v) is 13.7. The highest BCUT2D eigenvalue weighted by Crippen LogP contribution is 2.20. The molecule has 2 heterocycles. The Morgan fingerprint density at radius 3 is 2.75 bits per heavy atom. The van der Waals surface area contributed by atoms with E-state index in [1.807, 2.05) is 24.5 Å². The van der Waals surface area contributed by atoms with Gasteiger partial charge in [0.15, 0.2) is 0 Å². The molecule has 0 radical (unpaired) electrons. The summed E-state index contributed by atoms with van der Waals surface area (Å²) >= 11 is 0. The molecule has 1 atom stereocenters. The molecule has 1 unspecified atom stereocenters. The van der Waals surface area contributed by atoms with Crippen molar-refractivity contribution in [1.82, 2.24) is 14.5 Å². The van der Waals surface area contributed by atoms with Crippen LogP contribution < -0.4 is 0 Å². The van der Waals surface area contributed by atoms with E-state index in [9.17, 15) is 9.59 Å². The number of hydrogen-bond donors (Lipinski definition) is 1. The molecule has 6 nitrogen and oxygen atoms in total. The number of carbonyl (C=O) groups is 2. The third-order valence-electron chi connectivity index (χ3n) is 4.53. The fourth-order valence-electron chi connectivity index (χ4n) is 3.02. The second-order valence-corrected chi connectivity index (χ2v) is 6.14. The predicted molar refractivity (Wildman–Crippen MR) is 88.3 cm³/mol. The Morgan fingerprint density at radius 1 is 1.29 bits per heavy atom. The van der Waals surface area contributed by atoms with Gasteiger partial charge in [-0.25, -0.2) is 4.98 Å². The molecule has 1 N–H and O–H groups in total. The lowest BCUT2D eigenvalue weighted by atomic mass is 10.1. The van der Waals surface area contributed by atoms with Gasteiger partial charge in [0.05, 0.1) is 18.6 Å². The van der Waals surface area contributed by atoms with Gasteiger partial charge >= 0.3 is 5.97 Å². The van der Waals surface area contributed by atoms with Gasteiger partial charge in [0.2, 0.25) is 5.91 Å². The molecule has 6 heteroatoms. The summed E-state index contributed by atoms with van der Waals surface area (Å²) in [6, 6.07) is 10.3. The molecule has 0 saturated heterocycles. The van der Waals surface area contributed by atoms with Crippen LogP contribution in [0.4, 0.5) is 0 Å². The number of carboxylic acids is 1. The lowest BCUT2D eigenvalue weighted by Gasteiger charge is -2.28. The number of rotatable bonds is 5. The standard InChI is InChI=1S/C18H21N3O3/c1-13(18(23)24)17(22)20-10-8-16-15(11-20)19-12-21(16)9-7-14-5-3-2-4-6-14/h2-6,12-13H,7-11H2,1H3,(H,23,24). The van der Waals surface area contributed by atoms with Gasteiger partial charge in [-0.1, -0.05) is 30.3 Å². The molecule has 0 saturated carbocycles. The SMILES string of the molecule is CC(C(=O)O)C(=O)N1CCc2c(ncn2CCc2ccccc2)C1. The smallest absolute Gasteiger partial charge is 0.315 e. The number of aryl methyl sites for hydroxylation is 2. The molecule has 1 amide bonds. The van der Waals surface area contributed by atoms with Crippen LogP contribution in [0.25, 0.3) is 0 Å². The molecule has 1 aromatic carbocycles. The summed E-state index contributed by atoms with van der Waals surface area (Å²) in [5.41, 5.74) is 3.31. The van der Waals surface area contributed by atoms with Crippen LogP contribution in [-0.2, 0) is 35.5 Å². The Morgan fingerprint density at radius 2 is 2.04 bits per heavy atom. The van der Waals surface area contributed by atoms with E-state index in [4.69, 9.17) is 5.11 Å². The highest BCUT2D eigenvalue weighted by Gasteiger charge is 2.30. The number of aliphatic carboxylic acids is 1. The van der Waals surface area contributed by atoms with Crippen LogP contribution in [0.3, 0.4) is 0 Å². The average Bonchev–Trinajstić information content (AvgIpc) is 3.01. The maximum atomic E-state index is 12.2. The molecule has 1 aliphatic heterocycles. The third-order valence-corrected chi connectivity index (χ3v) is 4.53. The van der Waals surface area contributed by atoms with Crippen molar-refractivity contribution < 1.29 is 14.7 Å². The number of benzene rings is 1. The van der Waals surface area contributed by atoms with Crippen molar-refractivity contribution in [3.8, 4) is 0 Å². The lowest BCUT2D eigenvalue weighted by molar-refractivity contribution is -0.150. The molecular weight excluding hydrogens is 306 g/mol. The van der Waals surface area contributed by atoms with Gasteiger partial charge < -0.3 is 14.6 Å². The van der Waals surface area contributed by atoms with Crippen LogP contribution in [0.15, 0.2) is 36.7 Å². The molecule has 0 fully saturated rings. The van der Waals surface area contributed by atoms with E-state index < -0.39 is 11.9 Å². The van der Waals surface area contributed by atoms with Crippen LogP contribution in [0.5, 0.6) is 0 Å². The van der Waals surface area contributed by atoms with Crippen molar-refractivity contribution in [2.75, 3.05) is 6.54 Å². The van der Waals surface area contributed by atoms with Crippen molar-refractivity contribution in [3.63, 3.8) is 0 Å². The Hall–Kier alpha value is -2.63. The van der Waals surface area contributed by atoms with Crippen LogP contribution in [0, 0.1) is 5.92 Å². The molecule has 3 rings (SSSR count). The van der Waals surface area contributed by atoms with Crippen LogP contribution >= 0.6 is 0 Å². The maximum absolute atomic E-state index is 12.2. The molecule has 1 aromatic heterocycles. The monoisotopic (exact) mass is 327 g/mol. The van der Waals surface area contributed by atoms with Gasteiger partial charge in [0.25, 0.3) is 0 Å². The van der Waals surface area contributed by atoms with Gasteiger partial charge in [0, 0.05) is 25.2 Å². The second-order valence-electron chi connectivity index (χ2n) is 6.14. The summed E-state index contributed by atoms with van der Waals surface area (Å²) in [4.78, 5) is 29.2. The van der Waals surface area contributed by atoms with E-state index in [0.717, 1.165) is 24.4 Å². The fourth-order valence-corrected chi connectivity index (χ4v) is 3.02. The molecular formula is C18H21N3O3. The first kappa shape index (κ1) is 16.2. The minimum atomic E-state index is -1.08. The normalized spacial score (nSPS) is 15.0. The number of aromatic nitrogens is 2.